The Morgan fingerprint density at radius 2 is 1.85 bits per heavy atom. The summed E-state index contributed by atoms with van der Waals surface area (Å²) in [7, 11) is 0. The maximum absolute atomic E-state index is 12.5. The maximum Gasteiger partial charge on any atom is 0.267 e. The summed E-state index contributed by atoms with van der Waals surface area (Å²) < 4.78 is 0. The van der Waals surface area contributed by atoms with Crippen LogP contribution in [-0.2, 0) is 11.3 Å². The Bertz CT molecular complexity index is 880. The van der Waals surface area contributed by atoms with Crippen molar-refractivity contribution in [2.45, 2.75) is 33.4 Å². The zero-order valence-electron chi connectivity index (χ0n) is 15.8. The summed E-state index contributed by atoms with van der Waals surface area (Å²) in [5, 5.41) is 12.1. The summed E-state index contributed by atoms with van der Waals surface area (Å²) in [6.07, 6.45) is 1.59. The molecule has 0 aliphatic carbocycles. The number of nitrogens with zero attached hydrogens (tertiary/aromatic N) is 2. The molecule has 0 aliphatic heterocycles. The normalized spacial score (nSPS) is 11.0. The first-order chi connectivity index (χ1) is 12.9. The second-order valence-corrected chi connectivity index (χ2v) is 6.50. The lowest BCUT2D eigenvalue weighted by molar-refractivity contribution is -0.112. The van der Waals surface area contributed by atoms with Crippen molar-refractivity contribution < 1.29 is 9.59 Å². The molecule has 0 bridgehead atoms. The zero-order valence-corrected chi connectivity index (χ0v) is 15.8. The van der Waals surface area contributed by atoms with Crippen LogP contribution in [0.1, 0.15) is 36.7 Å². The molecule has 0 unspecified atom stereocenters. The van der Waals surface area contributed by atoms with E-state index < -0.39 is 5.91 Å². The van der Waals surface area contributed by atoms with Crippen LogP contribution in [0.5, 0.6) is 0 Å². The number of benzene rings is 2. The molecule has 5 nitrogen and oxygen atoms in total. The van der Waals surface area contributed by atoms with Crippen LogP contribution >= 0.6 is 0 Å². The highest BCUT2D eigenvalue weighted by Gasteiger charge is 2.14. The van der Waals surface area contributed by atoms with Gasteiger partial charge >= 0.3 is 0 Å². The molecule has 2 aromatic rings. The SMILES string of the molecule is CC(=O)c1cccc(NC(=O)/C(C#N)=C\N(Cc2ccccc2)C(C)C)c1. The molecular formula is C22H23N3O2. The molecule has 0 atom stereocenters. The summed E-state index contributed by atoms with van der Waals surface area (Å²) in [5.41, 5.74) is 2.08. The van der Waals surface area contributed by atoms with E-state index in [4.69, 9.17) is 0 Å². The van der Waals surface area contributed by atoms with Crippen molar-refractivity contribution in [1.29, 1.82) is 5.26 Å². The van der Waals surface area contributed by atoms with Crippen LogP contribution in [-0.4, -0.2) is 22.6 Å². The number of rotatable bonds is 7. The summed E-state index contributed by atoms with van der Waals surface area (Å²) in [6, 6.07) is 18.6. The Morgan fingerprint density at radius 1 is 1.15 bits per heavy atom. The number of nitrogens with one attached hydrogen (secondary N) is 1. The van der Waals surface area contributed by atoms with Gasteiger partial charge in [0.2, 0.25) is 0 Å². The van der Waals surface area contributed by atoms with Gasteiger partial charge in [0.05, 0.1) is 0 Å². The first kappa shape index (κ1) is 19.9. The molecule has 0 saturated heterocycles. The van der Waals surface area contributed by atoms with Crippen molar-refractivity contribution >= 4 is 17.4 Å². The van der Waals surface area contributed by atoms with Crippen molar-refractivity contribution in [3.8, 4) is 6.07 Å². The lowest BCUT2D eigenvalue weighted by Gasteiger charge is -2.25. The van der Waals surface area contributed by atoms with E-state index in [0.717, 1.165) is 5.56 Å². The van der Waals surface area contributed by atoms with Crippen LogP contribution in [0.2, 0.25) is 0 Å². The molecule has 27 heavy (non-hydrogen) atoms. The van der Waals surface area contributed by atoms with Crippen LogP contribution in [0, 0.1) is 11.3 Å². The van der Waals surface area contributed by atoms with E-state index >= 15 is 0 Å². The third-order valence-electron chi connectivity index (χ3n) is 4.06. The molecule has 0 aromatic heterocycles. The summed E-state index contributed by atoms with van der Waals surface area (Å²) in [6.45, 7) is 6.06. The van der Waals surface area contributed by atoms with E-state index in [0.29, 0.717) is 17.8 Å². The van der Waals surface area contributed by atoms with Gasteiger partial charge in [0.15, 0.2) is 5.78 Å². The van der Waals surface area contributed by atoms with Crippen molar-refractivity contribution in [2.24, 2.45) is 0 Å². The number of carbonyl (C=O) groups excluding carboxylic acids is 2. The minimum atomic E-state index is -0.503. The van der Waals surface area contributed by atoms with Gasteiger partial charge in [-0.1, -0.05) is 42.5 Å². The Balaban J connectivity index is 2.19. The third-order valence-corrected chi connectivity index (χ3v) is 4.06. The average Bonchev–Trinajstić information content (AvgIpc) is 2.65. The highest BCUT2D eigenvalue weighted by Crippen LogP contribution is 2.14. The van der Waals surface area contributed by atoms with Crippen LogP contribution in [0.25, 0.3) is 0 Å². The topological polar surface area (TPSA) is 73.2 Å². The number of anilines is 1. The van der Waals surface area contributed by atoms with Gasteiger partial charge in [0, 0.05) is 30.0 Å². The zero-order chi connectivity index (χ0) is 19.8. The Hall–Kier alpha value is -3.39. The van der Waals surface area contributed by atoms with Crippen molar-refractivity contribution in [2.75, 3.05) is 5.32 Å². The summed E-state index contributed by atoms with van der Waals surface area (Å²) >= 11 is 0. The predicted octanol–water partition coefficient (Wildman–Crippen LogP) is 4.15. The molecule has 0 aliphatic rings. The van der Waals surface area contributed by atoms with Crippen molar-refractivity contribution in [3.05, 3.63) is 77.5 Å². The molecule has 1 N–H and O–H groups in total. The quantitative estimate of drug-likeness (QED) is 0.457. The van der Waals surface area contributed by atoms with Crippen LogP contribution in [0.3, 0.4) is 0 Å². The predicted molar refractivity (Wildman–Crippen MR) is 106 cm³/mol. The van der Waals surface area contributed by atoms with Gasteiger partial charge in [0.25, 0.3) is 5.91 Å². The Labute approximate surface area is 159 Å². The second kappa shape index (κ2) is 9.35. The van der Waals surface area contributed by atoms with Gasteiger partial charge in [-0.3, -0.25) is 9.59 Å². The second-order valence-electron chi connectivity index (χ2n) is 6.50. The van der Waals surface area contributed by atoms with Crippen LogP contribution < -0.4 is 5.32 Å². The number of Topliss-reactive ketones (excluding diaryl/α,β-unsaturated/α-hetero) is 1. The Morgan fingerprint density at radius 3 is 2.44 bits per heavy atom. The van der Waals surface area contributed by atoms with Crippen molar-refractivity contribution in [1.82, 2.24) is 4.90 Å². The average molecular weight is 361 g/mol. The van der Waals surface area contributed by atoms with E-state index in [9.17, 15) is 14.9 Å². The third kappa shape index (κ3) is 5.82. The number of hydrogen-bond acceptors (Lipinski definition) is 4. The molecule has 1 amide bonds. The molecule has 2 aromatic carbocycles. The van der Waals surface area contributed by atoms with E-state index in [-0.39, 0.29) is 17.4 Å². The molecule has 0 spiro atoms. The number of nitriles is 1. The van der Waals surface area contributed by atoms with Crippen LogP contribution in [0.15, 0.2) is 66.4 Å². The molecule has 0 saturated carbocycles. The molecule has 2 rings (SSSR count). The fourth-order valence-electron chi connectivity index (χ4n) is 2.49. The van der Waals surface area contributed by atoms with Gasteiger partial charge in [-0.05, 0) is 38.5 Å². The minimum absolute atomic E-state index is 0.00728. The maximum atomic E-state index is 12.5. The molecule has 138 valence electrons. The molecular weight excluding hydrogens is 338 g/mol. The molecule has 0 radical (unpaired) electrons. The molecule has 5 heteroatoms. The number of amides is 1. The first-order valence-electron chi connectivity index (χ1n) is 8.74. The van der Waals surface area contributed by atoms with E-state index in [2.05, 4.69) is 5.32 Å². The Kier molecular flexibility index (Phi) is 6.90. The van der Waals surface area contributed by atoms with Gasteiger partial charge in [-0.25, -0.2) is 0 Å². The first-order valence-corrected chi connectivity index (χ1v) is 8.74. The van der Waals surface area contributed by atoms with Crippen molar-refractivity contribution in [3.63, 3.8) is 0 Å². The number of ketones is 1. The summed E-state index contributed by atoms with van der Waals surface area (Å²) in [4.78, 5) is 26.0. The van der Waals surface area contributed by atoms with Gasteiger partial charge in [0.1, 0.15) is 11.6 Å². The van der Waals surface area contributed by atoms with Gasteiger partial charge < -0.3 is 10.2 Å². The monoisotopic (exact) mass is 361 g/mol. The van der Waals surface area contributed by atoms with E-state index in [1.165, 1.54) is 6.92 Å². The van der Waals surface area contributed by atoms with Gasteiger partial charge in [-0.15, -0.1) is 0 Å². The highest BCUT2D eigenvalue weighted by atomic mass is 16.1. The smallest absolute Gasteiger partial charge is 0.267 e. The lowest BCUT2D eigenvalue weighted by Crippen LogP contribution is -2.27. The molecule has 0 fully saturated rings. The lowest BCUT2D eigenvalue weighted by atomic mass is 10.1. The standard InChI is InChI=1S/C22H23N3O2/c1-16(2)25(14-18-8-5-4-6-9-18)15-20(13-23)22(27)24-21-11-7-10-19(12-21)17(3)26/h4-12,15-16H,14H2,1-3H3,(H,24,27)/b20-15-. The fraction of sp³-hybridized carbons (Fsp3) is 0.227. The largest absolute Gasteiger partial charge is 0.369 e. The van der Waals surface area contributed by atoms with Gasteiger partial charge in [-0.2, -0.15) is 5.26 Å². The minimum Gasteiger partial charge on any atom is -0.369 e. The molecule has 0 heterocycles. The number of hydrogen-bond donors (Lipinski definition) is 1. The number of carbonyl (C=O) groups is 2. The van der Waals surface area contributed by atoms with E-state index in [1.807, 2.05) is 55.1 Å². The highest BCUT2D eigenvalue weighted by molar-refractivity contribution is 6.07. The van der Waals surface area contributed by atoms with E-state index in [1.54, 1.807) is 30.5 Å². The summed E-state index contributed by atoms with van der Waals surface area (Å²) in [5.74, 6) is -0.590. The van der Waals surface area contributed by atoms with Crippen LogP contribution in [0.4, 0.5) is 5.69 Å². The fourth-order valence-corrected chi connectivity index (χ4v) is 2.49.